The van der Waals surface area contributed by atoms with Crippen LogP contribution in [0.25, 0.3) is 22.1 Å². The average Bonchev–Trinajstić information content (AvgIpc) is 4.07. The standard InChI is InChI=1S/C47H56N14O8.2C2H6/c1-7-61-35(20-27(3)57-61)45(67)56-47-53-33-21-30(41(48)63)23-36(68-6)39(33)59(47)16-8-9-17-60-40-34(54-46(60)55-43(65)29-11-14-51-52-25-29)22-31(42(49)64)24-37(40)69-18-10-15-58(5)38(62)12-13-50-44(66)32-19-26(2)28(32)4;2*1-2/h8-9,11,14,20-26,28,32H,7,10,12-13,15-19H2,1-6H3,(H2,48,63)(H2,49,64)(H,50,66)(H,53,56,67)(H,54,55,65);2*1-2H3/b9-8+;;. The number of rotatable bonds is 21. The molecule has 0 spiro atoms. The first kappa shape index (κ1) is 55.8. The van der Waals surface area contributed by atoms with Gasteiger partial charge in [-0.05, 0) is 74.9 Å². The van der Waals surface area contributed by atoms with Crippen LogP contribution in [0.3, 0.4) is 0 Å². The van der Waals surface area contributed by atoms with Gasteiger partial charge in [0.05, 0.1) is 48.4 Å². The third kappa shape index (κ3) is 13.2. The quantitative estimate of drug-likeness (QED) is 0.0425. The van der Waals surface area contributed by atoms with Crippen LogP contribution in [0.1, 0.15) is 115 Å². The second-order valence-corrected chi connectivity index (χ2v) is 16.9. The number of fused-ring (bicyclic) bond motifs is 2. The van der Waals surface area contributed by atoms with E-state index in [-0.39, 0.29) is 90.5 Å². The number of hydrogen-bond acceptors (Lipinski definition) is 13. The molecular formula is C51H68N14O8. The lowest BCUT2D eigenvalue weighted by Gasteiger charge is -2.39. The summed E-state index contributed by atoms with van der Waals surface area (Å²) in [4.78, 5) is 88.5. The number of aromatic nitrogens is 8. The number of allylic oxidation sites excluding steroid dienone is 2. The molecule has 6 aromatic rings. The largest absolute Gasteiger partial charge is 0.494 e. The monoisotopic (exact) mass is 1000 g/mol. The number of carbonyl (C=O) groups is 6. The van der Waals surface area contributed by atoms with Crippen molar-refractivity contribution in [2.45, 2.75) is 94.3 Å². The number of carbonyl (C=O) groups excluding carboxylic acids is 6. The highest BCUT2D eigenvalue weighted by molar-refractivity contribution is 6.06. The molecule has 7 N–H and O–H groups in total. The maximum atomic E-state index is 13.7. The van der Waals surface area contributed by atoms with Crippen molar-refractivity contribution in [3.05, 3.63) is 89.0 Å². The number of primary amides is 2. The Morgan fingerprint density at radius 3 is 1.95 bits per heavy atom. The number of anilines is 2. The normalized spacial score (nSPS) is 14.8. The lowest BCUT2D eigenvalue weighted by molar-refractivity contribution is -0.133. The van der Waals surface area contributed by atoms with Crippen molar-refractivity contribution >= 4 is 69.4 Å². The van der Waals surface area contributed by atoms with E-state index >= 15 is 0 Å². The molecule has 3 unspecified atom stereocenters. The second-order valence-electron chi connectivity index (χ2n) is 16.9. The zero-order valence-electron chi connectivity index (χ0n) is 43.3. The van der Waals surface area contributed by atoms with Gasteiger partial charge in [-0.15, -0.1) is 0 Å². The number of benzene rings is 2. The number of nitrogens with two attached hydrogens (primary N) is 2. The van der Waals surface area contributed by atoms with Crippen LogP contribution in [-0.2, 0) is 29.2 Å². The van der Waals surface area contributed by atoms with Crippen LogP contribution in [0.15, 0.2) is 60.9 Å². The molecule has 390 valence electrons. The Morgan fingerprint density at radius 2 is 1.41 bits per heavy atom. The van der Waals surface area contributed by atoms with Crippen LogP contribution < -0.4 is 36.9 Å². The molecule has 4 aromatic heterocycles. The first-order chi connectivity index (χ1) is 35.1. The molecule has 0 aliphatic heterocycles. The molecule has 2 aromatic carbocycles. The smallest absolute Gasteiger partial charge is 0.276 e. The van der Waals surface area contributed by atoms with E-state index in [0.29, 0.717) is 64.8 Å². The summed E-state index contributed by atoms with van der Waals surface area (Å²) >= 11 is 0. The summed E-state index contributed by atoms with van der Waals surface area (Å²) in [5.41, 5.74) is 14.4. The molecule has 6 amide bonds. The molecule has 1 aliphatic rings. The molecule has 0 saturated heterocycles. The van der Waals surface area contributed by atoms with Gasteiger partial charge in [0, 0.05) is 63.2 Å². The van der Waals surface area contributed by atoms with Gasteiger partial charge in [0.15, 0.2) is 0 Å². The molecule has 1 aliphatic carbocycles. The third-order valence-corrected chi connectivity index (χ3v) is 12.3. The minimum Gasteiger partial charge on any atom is -0.494 e. The highest BCUT2D eigenvalue weighted by Crippen LogP contribution is 2.39. The van der Waals surface area contributed by atoms with Gasteiger partial charge in [-0.2, -0.15) is 15.3 Å². The molecule has 4 heterocycles. The van der Waals surface area contributed by atoms with Crippen molar-refractivity contribution in [1.29, 1.82) is 0 Å². The predicted molar refractivity (Wildman–Crippen MR) is 277 cm³/mol. The lowest BCUT2D eigenvalue weighted by Crippen LogP contribution is -2.45. The molecule has 0 radical (unpaired) electrons. The number of nitrogens with one attached hydrogen (secondary N) is 3. The molecular weight excluding hydrogens is 937 g/mol. The number of ether oxygens (including phenoxy) is 2. The second kappa shape index (κ2) is 25.8. The van der Waals surface area contributed by atoms with Gasteiger partial charge in [0.2, 0.25) is 35.5 Å². The number of imidazole rings is 2. The number of amides is 6. The minimum absolute atomic E-state index is 0.0158. The fourth-order valence-corrected chi connectivity index (χ4v) is 8.25. The third-order valence-electron chi connectivity index (χ3n) is 12.3. The van der Waals surface area contributed by atoms with Crippen LogP contribution in [0.2, 0.25) is 0 Å². The first-order valence-corrected chi connectivity index (χ1v) is 24.5. The zero-order chi connectivity index (χ0) is 53.5. The van der Waals surface area contributed by atoms with Crippen molar-refractivity contribution in [3.8, 4) is 11.5 Å². The Kier molecular flexibility index (Phi) is 19.7. The van der Waals surface area contributed by atoms with Crippen molar-refractivity contribution < 1.29 is 38.2 Å². The Balaban J connectivity index is 0.00000241. The molecule has 1 fully saturated rings. The van der Waals surface area contributed by atoms with Crippen LogP contribution >= 0.6 is 0 Å². The van der Waals surface area contributed by atoms with E-state index in [2.05, 4.69) is 50.1 Å². The summed E-state index contributed by atoms with van der Waals surface area (Å²) in [6.45, 7) is 17.2. The van der Waals surface area contributed by atoms with Crippen molar-refractivity contribution in [2.24, 2.45) is 29.2 Å². The van der Waals surface area contributed by atoms with E-state index in [0.717, 1.165) is 6.42 Å². The Morgan fingerprint density at radius 1 is 0.822 bits per heavy atom. The Bertz CT molecular complexity index is 2960. The first-order valence-electron chi connectivity index (χ1n) is 24.5. The average molecular weight is 1010 g/mol. The maximum absolute atomic E-state index is 13.7. The van der Waals surface area contributed by atoms with Gasteiger partial charge in [0.1, 0.15) is 28.2 Å². The minimum atomic E-state index is -0.730. The summed E-state index contributed by atoms with van der Waals surface area (Å²) in [6.07, 6.45) is 7.69. The number of aryl methyl sites for hydroxylation is 2. The lowest BCUT2D eigenvalue weighted by atomic mass is 9.66. The molecule has 22 nitrogen and oxygen atoms in total. The van der Waals surface area contributed by atoms with Gasteiger partial charge >= 0.3 is 0 Å². The topological polar surface area (TPSA) is 291 Å². The van der Waals surface area contributed by atoms with E-state index < -0.39 is 23.6 Å². The summed E-state index contributed by atoms with van der Waals surface area (Å²) < 4.78 is 17.0. The molecule has 1 saturated carbocycles. The van der Waals surface area contributed by atoms with Crippen molar-refractivity contribution in [2.75, 3.05) is 44.5 Å². The molecule has 7 rings (SSSR count). The van der Waals surface area contributed by atoms with E-state index in [1.54, 1.807) is 50.9 Å². The molecule has 73 heavy (non-hydrogen) atoms. The molecule has 0 bridgehead atoms. The Hall–Kier alpha value is -8.17. The van der Waals surface area contributed by atoms with Crippen LogP contribution in [-0.4, -0.2) is 113 Å². The maximum Gasteiger partial charge on any atom is 0.276 e. The van der Waals surface area contributed by atoms with Crippen LogP contribution in [0, 0.1) is 24.7 Å². The number of nitrogens with zero attached hydrogens (tertiary/aromatic N) is 9. The van der Waals surface area contributed by atoms with Gasteiger partial charge in [-0.25, -0.2) is 9.97 Å². The summed E-state index contributed by atoms with van der Waals surface area (Å²) in [6, 6.07) is 9.16. The van der Waals surface area contributed by atoms with Gasteiger partial charge in [-0.3, -0.25) is 44.1 Å². The van der Waals surface area contributed by atoms with Gasteiger partial charge in [-0.1, -0.05) is 53.7 Å². The Labute approximate surface area is 424 Å². The number of methoxy groups -OCH3 is 1. The summed E-state index contributed by atoms with van der Waals surface area (Å²) in [5.74, 6) is -0.969. The van der Waals surface area contributed by atoms with Crippen molar-refractivity contribution in [3.63, 3.8) is 0 Å². The summed E-state index contributed by atoms with van der Waals surface area (Å²) in [7, 11) is 3.12. The molecule has 22 heteroatoms. The van der Waals surface area contributed by atoms with Crippen LogP contribution in [0.5, 0.6) is 11.5 Å². The van der Waals surface area contributed by atoms with Crippen LogP contribution in [0.4, 0.5) is 11.9 Å². The van der Waals surface area contributed by atoms with E-state index in [4.69, 9.17) is 25.9 Å². The van der Waals surface area contributed by atoms with Gasteiger partial charge in [0.25, 0.3) is 11.8 Å². The fourth-order valence-electron chi connectivity index (χ4n) is 8.25. The van der Waals surface area contributed by atoms with E-state index in [9.17, 15) is 28.8 Å². The highest BCUT2D eigenvalue weighted by Gasteiger charge is 2.39. The highest BCUT2D eigenvalue weighted by atomic mass is 16.5. The fraction of sp³-hybridized carbons (Fsp3) is 0.431. The summed E-state index contributed by atoms with van der Waals surface area (Å²) in [5, 5.41) is 20.6. The predicted octanol–water partition coefficient (Wildman–Crippen LogP) is 5.75. The van der Waals surface area contributed by atoms with Crippen molar-refractivity contribution in [1.82, 2.24) is 49.3 Å². The molecule has 3 atom stereocenters. The number of hydrogen-bond donors (Lipinski definition) is 5. The van der Waals surface area contributed by atoms with E-state index in [1.807, 2.05) is 34.6 Å². The van der Waals surface area contributed by atoms with E-state index in [1.165, 1.54) is 49.8 Å². The SMILES string of the molecule is CC.CC.CCn1nc(C)cc1C(=O)Nc1nc2cc(C(N)=O)cc(OC)c2n1C/C=C/Cn1c(NC(=O)c2ccnnc2)nc2cc(C(N)=O)cc(OCCCN(C)C(=O)CCNC(=O)C3CC(C)C3C)c21. The zero-order valence-corrected chi connectivity index (χ0v) is 43.3. The van der Waals surface area contributed by atoms with Gasteiger partial charge < -0.3 is 40.3 Å².